The Bertz CT molecular complexity index is 451. The lowest BCUT2D eigenvalue weighted by Crippen LogP contribution is -2.53. The zero-order chi connectivity index (χ0) is 16.8. The molecule has 0 aromatic carbocycles. The number of allylic oxidation sites excluding steroid dienone is 1. The summed E-state index contributed by atoms with van der Waals surface area (Å²) in [6, 6.07) is 0. The van der Waals surface area contributed by atoms with Gasteiger partial charge in [0.1, 0.15) is 0 Å². The van der Waals surface area contributed by atoms with Crippen molar-refractivity contribution in [3.05, 3.63) is 24.8 Å². The van der Waals surface area contributed by atoms with Crippen LogP contribution in [0.5, 0.6) is 0 Å². The van der Waals surface area contributed by atoms with Crippen LogP contribution >= 0.6 is 15.9 Å². The van der Waals surface area contributed by atoms with E-state index in [1.165, 1.54) is 24.8 Å². The molecule has 0 aromatic rings. The first-order chi connectivity index (χ1) is 10.0. The quantitative estimate of drug-likeness (QED) is 0.485. The maximum atomic E-state index is 10.3. The van der Waals surface area contributed by atoms with Gasteiger partial charge in [0.25, 0.3) is 0 Å². The van der Waals surface area contributed by atoms with Crippen LogP contribution < -0.4 is 0 Å². The Morgan fingerprint density at radius 3 is 2.59 bits per heavy atom. The molecule has 2 aliphatic carbocycles. The standard InChI is InChI=1S/C20H33BrO/c1-7-19(5,22)12-10-15-14(2)8-9-16-18(3,4)17(21)11-13-20(15,16)6/h7,15-17,22H,1-2,8-13H2,3-6H3/t15-,16-,17-,19?,20+/m0/s1. The summed E-state index contributed by atoms with van der Waals surface area (Å²) in [5.74, 6) is 1.25. The smallest absolute Gasteiger partial charge is 0.0797 e. The first-order valence-corrected chi connectivity index (χ1v) is 9.64. The highest BCUT2D eigenvalue weighted by atomic mass is 79.9. The normalized spacial score (nSPS) is 40.6. The number of rotatable bonds is 4. The molecule has 2 saturated carbocycles. The van der Waals surface area contributed by atoms with Crippen molar-refractivity contribution in [1.82, 2.24) is 0 Å². The number of fused-ring (bicyclic) bond motifs is 1. The third-order valence-electron chi connectivity index (χ3n) is 6.86. The van der Waals surface area contributed by atoms with E-state index in [4.69, 9.17) is 0 Å². The number of hydrogen-bond donors (Lipinski definition) is 1. The van der Waals surface area contributed by atoms with Gasteiger partial charge < -0.3 is 5.11 Å². The summed E-state index contributed by atoms with van der Waals surface area (Å²) in [5.41, 5.74) is 1.29. The molecule has 0 radical (unpaired) electrons. The van der Waals surface area contributed by atoms with Crippen molar-refractivity contribution in [2.75, 3.05) is 0 Å². The summed E-state index contributed by atoms with van der Waals surface area (Å²) in [6.07, 6.45) is 8.38. The fourth-order valence-corrected chi connectivity index (χ4v) is 5.76. The van der Waals surface area contributed by atoms with Gasteiger partial charge in [-0.3, -0.25) is 0 Å². The van der Waals surface area contributed by atoms with Crippen molar-refractivity contribution >= 4 is 15.9 Å². The van der Waals surface area contributed by atoms with E-state index in [2.05, 4.69) is 49.9 Å². The second-order valence-electron chi connectivity index (χ2n) is 8.74. The van der Waals surface area contributed by atoms with Gasteiger partial charge in [-0.15, -0.1) is 6.58 Å². The van der Waals surface area contributed by atoms with E-state index in [1.807, 2.05) is 6.92 Å². The van der Waals surface area contributed by atoms with Gasteiger partial charge in [-0.1, -0.05) is 54.9 Å². The van der Waals surface area contributed by atoms with Crippen LogP contribution in [0, 0.1) is 22.7 Å². The predicted molar refractivity (Wildman–Crippen MR) is 99.2 cm³/mol. The fraction of sp³-hybridized carbons (Fsp3) is 0.800. The SMILES string of the molecule is C=CC(C)(O)CC[C@H]1C(=C)CC[C@H]2C(C)(C)[C@@H](Br)CC[C@]12C. The molecule has 2 heteroatoms. The van der Waals surface area contributed by atoms with Crippen LogP contribution in [-0.2, 0) is 0 Å². The van der Waals surface area contributed by atoms with Gasteiger partial charge in [0, 0.05) is 4.83 Å². The Labute approximate surface area is 145 Å². The molecule has 1 nitrogen and oxygen atoms in total. The van der Waals surface area contributed by atoms with Crippen LogP contribution in [0.1, 0.15) is 66.2 Å². The number of aliphatic hydroxyl groups is 1. The molecule has 126 valence electrons. The molecule has 2 aliphatic rings. The average molecular weight is 369 g/mol. The van der Waals surface area contributed by atoms with Gasteiger partial charge in [0.2, 0.25) is 0 Å². The maximum absolute atomic E-state index is 10.3. The molecule has 0 aliphatic heterocycles. The molecule has 1 N–H and O–H groups in total. The summed E-state index contributed by atoms with van der Waals surface area (Å²) in [5, 5.41) is 10.3. The second kappa shape index (κ2) is 6.09. The largest absolute Gasteiger partial charge is 0.386 e. The van der Waals surface area contributed by atoms with E-state index in [0.29, 0.717) is 21.6 Å². The van der Waals surface area contributed by atoms with Crippen LogP contribution in [0.2, 0.25) is 0 Å². The molecular weight excluding hydrogens is 336 g/mol. The minimum Gasteiger partial charge on any atom is -0.386 e. The number of halogens is 1. The third kappa shape index (κ3) is 3.11. The van der Waals surface area contributed by atoms with Crippen molar-refractivity contribution in [2.45, 2.75) is 76.6 Å². The molecule has 1 unspecified atom stereocenters. The summed E-state index contributed by atoms with van der Waals surface area (Å²) >= 11 is 3.94. The highest BCUT2D eigenvalue weighted by Gasteiger charge is 2.55. The van der Waals surface area contributed by atoms with Crippen LogP contribution in [0.15, 0.2) is 24.8 Å². The highest BCUT2D eigenvalue weighted by molar-refractivity contribution is 9.09. The topological polar surface area (TPSA) is 20.2 Å². The lowest BCUT2D eigenvalue weighted by Gasteiger charge is -2.59. The molecule has 0 heterocycles. The highest BCUT2D eigenvalue weighted by Crippen LogP contribution is 2.63. The van der Waals surface area contributed by atoms with Gasteiger partial charge >= 0.3 is 0 Å². The molecule has 2 fully saturated rings. The average Bonchev–Trinajstić information content (AvgIpc) is 2.42. The van der Waals surface area contributed by atoms with Crippen LogP contribution in [-0.4, -0.2) is 15.5 Å². The van der Waals surface area contributed by atoms with Crippen molar-refractivity contribution < 1.29 is 5.11 Å². The van der Waals surface area contributed by atoms with Crippen molar-refractivity contribution in [3.8, 4) is 0 Å². The first-order valence-electron chi connectivity index (χ1n) is 8.72. The van der Waals surface area contributed by atoms with Crippen LogP contribution in [0.25, 0.3) is 0 Å². The lowest BCUT2D eigenvalue weighted by molar-refractivity contribution is -0.0531. The Morgan fingerprint density at radius 1 is 1.36 bits per heavy atom. The van der Waals surface area contributed by atoms with Gasteiger partial charge in [-0.25, -0.2) is 0 Å². The third-order valence-corrected chi connectivity index (χ3v) is 8.50. The molecule has 0 spiro atoms. The summed E-state index contributed by atoms with van der Waals surface area (Å²) < 4.78 is 0. The van der Waals surface area contributed by atoms with Crippen LogP contribution in [0.3, 0.4) is 0 Å². The lowest BCUT2D eigenvalue weighted by atomic mass is 9.47. The number of alkyl halides is 1. The molecule has 2 rings (SSSR count). The van der Waals surface area contributed by atoms with Crippen LogP contribution in [0.4, 0.5) is 0 Å². The maximum Gasteiger partial charge on any atom is 0.0797 e. The molecule has 0 amide bonds. The molecule has 0 bridgehead atoms. The Balaban J connectivity index is 2.25. The molecule has 22 heavy (non-hydrogen) atoms. The van der Waals surface area contributed by atoms with Gasteiger partial charge in [0.05, 0.1) is 5.60 Å². The first kappa shape index (κ1) is 18.3. The minimum atomic E-state index is -0.758. The Morgan fingerprint density at radius 2 is 2.00 bits per heavy atom. The summed E-state index contributed by atoms with van der Waals surface area (Å²) in [7, 11) is 0. The van der Waals surface area contributed by atoms with E-state index in [0.717, 1.165) is 25.2 Å². The van der Waals surface area contributed by atoms with E-state index >= 15 is 0 Å². The zero-order valence-electron chi connectivity index (χ0n) is 14.8. The van der Waals surface area contributed by atoms with Gasteiger partial charge in [0.15, 0.2) is 0 Å². The molecule has 0 aromatic heterocycles. The Kier molecular flexibility index (Phi) is 5.06. The molecular formula is C20H33BrO. The van der Waals surface area contributed by atoms with E-state index < -0.39 is 5.60 Å². The summed E-state index contributed by atoms with van der Waals surface area (Å²) in [4.78, 5) is 0.612. The van der Waals surface area contributed by atoms with Crippen molar-refractivity contribution in [1.29, 1.82) is 0 Å². The van der Waals surface area contributed by atoms with Crippen molar-refractivity contribution in [3.63, 3.8) is 0 Å². The van der Waals surface area contributed by atoms with E-state index in [9.17, 15) is 5.11 Å². The second-order valence-corrected chi connectivity index (χ2v) is 9.84. The van der Waals surface area contributed by atoms with Gasteiger partial charge in [-0.05, 0) is 68.1 Å². The molecule has 0 saturated heterocycles. The minimum absolute atomic E-state index is 0.320. The van der Waals surface area contributed by atoms with Gasteiger partial charge in [-0.2, -0.15) is 0 Å². The monoisotopic (exact) mass is 368 g/mol. The predicted octanol–water partition coefficient (Wildman–Crippen LogP) is 5.88. The zero-order valence-corrected chi connectivity index (χ0v) is 16.4. The molecule has 5 atom stereocenters. The Hall–Kier alpha value is -0.0800. The fourth-order valence-electron chi connectivity index (χ4n) is 5.21. The summed E-state index contributed by atoms with van der Waals surface area (Å²) in [6.45, 7) is 17.4. The number of hydrogen-bond acceptors (Lipinski definition) is 1. The van der Waals surface area contributed by atoms with E-state index in [1.54, 1.807) is 6.08 Å². The van der Waals surface area contributed by atoms with Crippen molar-refractivity contribution in [2.24, 2.45) is 22.7 Å². The van der Waals surface area contributed by atoms with E-state index in [-0.39, 0.29) is 0 Å².